The molecule has 0 bridgehead atoms. The second-order valence-electron chi connectivity index (χ2n) is 5.79. The molecule has 3 aromatic heterocycles. The van der Waals surface area contributed by atoms with Crippen LogP contribution in [0.2, 0.25) is 0 Å². The lowest BCUT2D eigenvalue weighted by atomic mass is 10.2. The Morgan fingerprint density at radius 1 is 1.21 bits per heavy atom. The van der Waals surface area contributed by atoms with E-state index in [4.69, 9.17) is 4.74 Å². The van der Waals surface area contributed by atoms with Crippen LogP contribution >= 0.6 is 22.7 Å². The van der Waals surface area contributed by atoms with E-state index in [2.05, 4.69) is 15.3 Å². The molecule has 28 heavy (non-hydrogen) atoms. The minimum absolute atomic E-state index is 0.1000. The molecule has 8 heteroatoms. The lowest BCUT2D eigenvalue weighted by molar-refractivity contribution is 0.0946. The lowest BCUT2D eigenvalue weighted by Crippen LogP contribution is -2.23. The van der Waals surface area contributed by atoms with Crippen molar-refractivity contribution in [3.63, 3.8) is 0 Å². The van der Waals surface area contributed by atoms with Crippen LogP contribution in [0.25, 0.3) is 10.6 Å². The highest BCUT2D eigenvalue weighted by atomic mass is 32.1. The van der Waals surface area contributed by atoms with Gasteiger partial charge in [0.1, 0.15) is 16.5 Å². The Morgan fingerprint density at radius 2 is 2.14 bits per heavy atom. The van der Waals surface area contributed by atoms with E-state index in [0.29, 0.717) is 17.0 Å². The second-order valence-corrected chi connectivity index (χ2v) is 7.43. The van der Waals surface area contributed by atoms with Crippen LogP contribution in [0.15, 0.2) is 64.9 Å². The van der Waals surface area contributed by atoms with Gasteiger partial charge in [0.2, 0.25) is 0 Å². The first-order valence-electron chi connectivity index (χ1n) is 8.31. The van der Waals surface area contributed by atoms with Gasteiger partial charge < -0.3 is 10.1 Å². The zero-order valence-electron chi connectivity index (χ0n) is 14.5. The van der Waals surface area contributed by atoms with Gasteiger partial charge in [-0.2, -0.15) is 11.3 Å². The number of aromatic nitrogens is 2. The standard InChI is InChI=1S/C20H14FN3O2S2/c21-16-8-13(3-4-18(16)26-15-2-1-6-22-10-15)9-23-19(25)17-12-28-20(24-17)14-5-7-27-11-14/h1-8,10-12H,9H2,(H,23,25). The van der Waals surface area contributed by atoms with Gasteiger partial charge in [0, 0.05) is 29.1 Å². The first-order valence-corrected chi connectivity index (χ1v) is 10.1. The molecule has 0 aliphatic carbocycles. The van der Waals surface area contributed by atoms with Crippen LogP contribution in [-0.4, -0.2) is 15.9 Å². The van der Waals surface area contributed by atoms with Crippen LogP contribution < -0.4 is 10.1 Å². The van der Waals surface area contributed by atoms with Gasteiger partial charge in [-0.15, -0.1) is 11.3 Å². The number of ether oxygens (including phenoxy) is 1. The SMILES string of the molecule is O=C(NCc1ccc(Oc2cccnc2)c(F)c1)c1csc(-c2ccsc2)n1. The van der Waals surface area contributed by atoms with Gasteiger partial charge in [-0.1, -0.05) is 6.07 Å². The Balaban J connectivity index is 1.38. The molecule has 4 aromatic rings. The largest absolute Gasteiger partial charge is 0.453 e. The number of thiazole rings is 1. The average Bonchev–Trinajstić information content (AvgIpc) is 3.40. The molecular formula is C20H14FN3O2S2. The molecule has 0 saturated carbocycles. The maximum absolute atomic E-state index is 14.3. The molecule has 0 aliphatic heterocycles. The van der Waals surface area contributed by atoms with Crippen molar-refractivity contribution in [1.29, 1.82) is 0 Å². The number of carbonyl (C=O) groups is 1. The molecule has 0 fully saturated rings. The van der Waals surface area contributed by atoms with Crippen molar-refractivity contribution < 1.29 is 13.9 Å². The summed E-state index contributed by atoms with van der Waals surface area (Å²) < 4.78 is 19.7. The summed E-state index contributed by atoms with van der Waals surface area (Å²) in [6.45, 7) is 0.189. The zero-order valence-corrected chi connectivity index (χ0v) is 16.1. The minimum atomic E-state index is -0.510. The van der Waals surface area contributed by atoms with E-state index in [1.807, 2.05) is 16.8 Å². The van der Waals surface area contributed by atoms with Crippen molar-refractivity contribution >= 4 is 28.6 Å². The summed E-state index contributed by atoms with van der Waals surface area (Å²) >= 11 is 2.99. The van der Waals surface area contributed by atoms with Crippen LogP contribution in [0.1, 0.15) is 16.1 Å². The molecule has 140 valence electrons. The molecule has 0 saturated heterocycles. The van der Waals surface area contributed by atoms with Crippen molar-refractivity contribution in [2.45, 2.75) is 6.54 Å². The second kappa shape index (κ2) is 8.28. The van der Waals surface area contributed by atoms with Gasteiger partial charge in [0.15, 0.2) is 11.6 Å². The van der Waals surface area contributed by atoms with Crippen LogP contribution in [0.4, 0.5) is 4.39 Å². The number of benzene rings is 1. The number of nitrogens with zero attached hydrogens (tertiary/aromatic N) is 2. The summed E-state index contributed by atoms with van der Waals surface area (Å²) in [4.78, 5) is 20.6. The number of halogens is 1. The fraction of sp³-hybridized carbons (Fsp3) is 0.0500. The molecule has 1 amide bonds. The fourth-order valence-electron chi connectivity index (χ4n) is 2.44. The van der Waals surface area contributed by atoms with E-state index in [0.717, 1.165) is 10.6 Å². The topological polar surface area (TPSA) is 64.1 Å². The highest BCUT2D eigenvalue weighted by Gasteiger charge is 2.13. The fourth-order valence-corrected chi connectivity index (χ4v) is 3.95. The molecule has 0 aliphatic rings. The number of thiophene rings is 1. The Morgan fingerprint density at radius 3 is 2.89 bits per heavy atom. The summed E-state index contributed by atoms with van der Waals surface area (Å²) in [5.74, 6) is -0.256. The van der Waals surface area contributed by atoms with Crippen molar-refractivity contribution in [2.24, 2.45) is 0 Å². The Hall–Kier alpha value is -3.10. The van der Waals surface area contributed by atoms with Crippen LogP contribution in [0.5, 0.6) is 11.5 Å². The molecule has 0 unspecified atom stereocenters. The Bertz CT molecular complexity index is 1080. The molecule has 1 N–H and O–H groups in total. The number of hydrogen-bond donors (Lipinski definition) is 1. The Kier molecular flexibility index (Phi) is 5.41. The van der Waals surface area contributed by atoms with Crippen molar-refractivity contribution in [3.8, 4) is 22.1 Å². The van der Waals surface area contributed by atoms with E-state index < -0.39 is 5.82 Å². The predicted octanol–water partition coefficient (Wildman–Crippen LogP) is 5.13. The van der Waals surface area contributed by atoms with Crippen molar-refractivity contribution in [3.05, 3.63) is 82.0 Å². The summed E-state index contributed by atoms with van der Waals surface area (Å²) in [5.41, 5.74) is 1.97. The molecule has 0 spiro atoms. The van der Waals surface area contributed by atoms with Crippen LogP contribution in [0, 0.1) is 5.82 Å². The van der Waals surface area contributed by atoms with Crippen molar-refractivity contribution in [2.75, 3.05) is 0 Å². The van der Waals surface area contributed by atoms with E-state index in [9.17, 15) is 9.18 Å². The number of carbonyl (C=O) groups excluding carboxylic acids is 1. The highest BCUT2D eigenvalue weighted by Crippen LogP contribution is 2.26. The van der Waals surface area contributed by atoms with Crippen LogP contribution in [-0.2, 0) is 6.54 Å². The molecule has 1 aromatic carbocycles. The van der Waals surface area contributed by atoms with E-state index >= 15 is 0 Å². The van der Waals surface area contributed by atoms with Gasteiger partial charge >= 0.3 is 0 Å². The molecule has 0 atom stereocenters. The molecule has 5 nitrogen and oxygen atoms in total. The number of hydrogen-bond acceptors (Lipinski definition) is 6. The first kappa shape index (κ1) is 18.3. The smallest absolute Gasteiger partial charge is 0.271 e. The number of rotatable bonds is 6. The van der Waals surface area contributed by atoms with Gasteiger partial charge in [-0.05, 0) is 41.3 Å². The maximum Gasteiger partial charge on any atom is 0.271 e. The monoisotopic (exact) mass is 411 g/mol. The normalized spacial score (nSPS) is 10.6. The van der Waals surface area contributed by atoms with Gasteiger partial charge in [0.05, 0.1) is 6.20 Å². The summed E-state index contributed by atoms with van der Waals surface area (Å²) in [6, 6.07) is 9.93. The number of amides is 1. The van der Waals surface area contributed by atoms with E-state index in [-0.39, 0.29) is 18.2 Å². The number of nitrogens with one attached hydrogen (secondary N) is 1. The average molecular weight is 411 g/mol. The van der Waals surface area contributed by atoms with Crippen molar-refractivity contribution in [1.82, 2.24) is 15.3 Å². The van der Waals surface area contributed by atoms with Gasteiger partial charge in [-0.3, -0.25) is 9.78 Å². The molecule has 3 heterocycles. The summed E-state index contributed by atoms with van der Waals surface area (Å²) in [6.07, 6.45) is 3.12. The van der Waals surface area contributed by atoms with E-state index in [1.54, 1.807) is 41.1 Å². The quantitative estimate of drug-likeness (QED) is 0.478. The molecular weight excluding hydrogens is 397 g/mol. The maximum atomic E-state index is 14.3. The third kappa shape index (κ3) is 4.24. The third-order valence-electron chi connectivity index (χ3n) is 3.82. The van der Waals surface area contributed by atoms with Crippen LogP contribution in [0.3, 0.4) is 0 Å². The predicted molar refractivity (Wildman–Crippen MR) is 107 cm³/mol. The van der Waals surface area contributed by atoms with E-state index in [1.165, 1.54) is 29.7 Å². The third-order valence-corrected chi connectivity index (χ3v) is 5.39. The minimum Gasteiger partial charge on any atom is -0.453 e. The lowest BCUT2D eigenvalue weighted by Gasteiger charge is -2.08. The first-order chi connectivity index (χ1) is 13.7. The zero-order chi connectivity index (χ0) is 19.3. The summed E-state index contributed by atoms with van der Waals surface area (Å²) in [5, 5.41) is 9.23. The highest BCUT2D eigenvalue weighted by molar-refractivity contribution is 7.14. The molecule has 4 rings (SSSR count). The number of pyridine rings is 1. The molecule has 0 radical (unpaired) electrons. The van der Waals surface area contributed by atoms with Gasteiger partial charge in [-0.25, -0.2) is 9.37 Å². The Labute approximate surface area is 168 Å². The summed E-state index contributed by atoms with van der Waals surface area (Å²) in [7, 11) is 0. The van der Waals surface area contributed by atoms with Gasteiger partial charge in [0.25, 0.3) is 5.91 Å².